The Morgan fingerprint density at radius 3 is 2.95 bits per heavy atom. The third-order valence-electron chi connectivity index (χ3n) is 3.12. The Labute approximate surface area is 118 Å². The average Bonchev–Trinajstić information content (AvgIpc) is 2.93. The van der Waals surface area contributed by atoms with Gasteiger partial charge in [-0.15, -0.1) is 11.3 Å². The molecule has 0 aromatic carbocycles. The number of nitrogens with one attached hydrogen (secondary N) is 1. The smallest absolute Gasteiger partial charge is 0.195 e. The molecule has 0 bridgehead atoms. The molecule has 0 saturated carbocycles. The van der Waals surface area contributed by atoms with Crippen molar-refractivity contribution in [2.75, 3.05) is 32.2 Å². The first-order valence-electron chi connectivity index (χ1n) is 6.53. The minimum Gasteiger partial charge on any atom is -0.383 e. The van der Waals surface area contributed by atoms with Crippen LogP contribution in [0.4, 0.5) is 5.82 Å². The van der Waals surface area contributed by atoms with Crippen LogP contribution in [0, 0.1) is 0 Å². The summed E-state index contributed by atoms with van der Waals surface area (Å²) in [5.41, 5.74) is 1.21. The van der Waals surface area contributed by atoms with E-state index in [9.17, 15) is 0 Å². The van der Waals surface area contributed by atoms with Crippen molar-refractivity contribution in [1.82, 2.24) is 14.7 Å². The molecule has 2 rings (SSSR count). The molecule has 106 valence electrons. The van der Waals surface area contributed by atoms with Gasteiger partial charge >= 0.3 is 0 Å². The van der Waals surface area contributed by atoms with E-state index < -0.39 is 0 Å². The van der Waals surface area contributed by atoms with E-state index in [0.717, 1.165) is 23.9 Å². The van der Waals surface area contributed by atoms with Crippen molar-refractivity contribution in [2.45, 2.75) is 26.4 Å². The van der Waals surface area contributed by atoms with Crippen molar-refractivity contribution in [1.29, 1.82) is 0 Å². The van der Waals surface area contributed by atoms with E-state index >= 15 is 0 Å². The van der Waals surface area contributed by atoms with Crippen molar-refractivity contribution >= 4 is 22.1 Å². The standard InChI is InChI=1S/C13H22N4OS/c1-10(2)16(5-7-18-4)12-11(9-14-3)17-6-8-19-13(17)15-12/h6,8,10,14H,5,7,9H2,1-4H3. The first-order chi connectivity index (χ1) is 9.19. The molecular formula is C13H22N4OS. The number of nitrogens with zero attached hydrogens (tertiary/aromatic N) is 3. The highest BCUT2D eigenvalue weighted by atomic mass is 32.1. The second-order valence-electron chi connectivity index (χ2n) is 4.75. The fraction of sp³-hybridized carbons (Fsp3) is 0.615. The molecular weight excluding hydrogens is 260 g/mol. The zero-order chi connectivity index (χ0) is 13.8. The summed E-state index contributed by atoms with van der Waals surface area (Å²) in [4.78, 5) is 8.12. The highest BCUT2D eigenvalue weighted by Crippen LogP contribution is 2.26. The molecule has 0 fully saturated rings. The number of thiazole rings is 1. The van der Waals surface area contributed by atoms with Crippen LogP contribution in [0.25, 0.3) is 4.96 Å². The van der Waals surface area contributed by atoms with Gasteiger partial charge < -0.3 is 15.0 Å². The molecule has 0 unspecified atom stereocenters. The molecule has 0 radical (unpaired) electrons. The second-order valence-corrected chi connectivity index (χ2v) is 5.62. The summed E-state index contributed by atoms with van der Waals surface area (Å²) in [6.07, 6.45) is 2.08. The minimum atomic E-state index is 0.398. The van der Waals surface area contributed by atoms with Gasteiger partial charge in [-0.2, -0.15) is 0 Å². The van der Waals surface area contributed by atoms with Crippen LogP contribution in [0.15, 0.2) is 11.6 Å². The van der Waals surface area contributed by atoms with Crippen molar-refractivity contribution < 1.29 is 4.74 Å². The summed E-state index contributed by atoms with van der Waals surface area (Å²) in [5, 5.41) is 5.30. The molecule has 0 saturated heterocycles. The predicted molar refractivity (Wildman–Crippen MR) is 80.2 cm³/mol. The summed E-state index contributed by atoms with van der Waals surface area (Å²) >= 11 is 1.67. The van der Waals surface area contributed by atoms with Crippen LogP contribution in [-0.4, -0.2) is 42.7 Å². The maximum Gasteiger partial charge on any atom is 0.195 e. The zero-order valence-corrected chi connectivity index (χ0v) is 12.8. The van der Waals surface area contributed by atoms with Crippen molar-refractivity contribution in [3.63, 3.8) is 0 Å². The Morgan fingerprint density at radius 2 is 2.32 bits per heavy atom. The van der Waals surface area contributed by atoms with E-state index in [2.05, 4.69) is 40.0 Å². The largest absolute Gasteiger partial charge is 0.383 e. The van der Waals surface area contributed by atoms with Crippen LogP contribution < -0.4 is 10.2 Å². The number of fused-ring (bicyclic) bond motifs is 1. The van der Waals surface area contributed by atoms with Gasteiger partial charge in [0.2, 0.25) is 0 Å². The highest BCUT2D eigenvalue weighted by molar-refractivity contribution is 7.15. The van der Waals surface area contributed by atoms with E-state index in [1.165, 1.54) is 5.69 Å². The predicted octanol–water partition coefficient (Wildman–Crippen LogP) is 1.98. The van der Waals surface area contributed by atoms with Gasteiger partial charge in [-0.05, 0) is 20.9 Å². The Hall–Kier alpha value is -1.11. The summed E-state index contributed by atoms with van der Waals surface area (Å²) in [6, 6.07) is 0.398. The number of hydrogen-bond donors (Lipinski definition) is 1. The maximum atomic E-state index is 5.21. The molecule has 1 N–H and O–H groups in total. The van der Waals surface area contributed by atoms with E-state index in [-0.39, 0.29) is 0 Å². The third kappa shape index (κ3) is 2.91. The fourth-order valence-corrected chi connectivity index (χ4v) is 2.91. The van der Waals surface area contributed by atoms with Gasteiger partial charge in [0.25, 0.3) is 0 Å². The van der Waals surface area contributed by atoms with Gasteiger partial charge in [-0.1, -0.05) is 0 Å². The monoisotopic (exact) mass is 282 g/mol. The van der Waals surface area contributed by atoms with Crippen LogP contribution in [0.5, 0.6) is 0 Å². The molecule has 0 aliphatic heterocycles. The topological polar surface area (TPSA) is 41.8 Å². The molecule has 5 nitrogen and oxygen atoms in total. The fourth-order valence-electron chi connectivity index (χ4n) is 2.18. The van der Waals surface area contributed by atoms with E-state index in [1.807, 2.05) is 7.05 Å². The highest BCUT2D eigenvalue weighted by Gasteiger charge is 2.20. The van der Waals surface area contributed by atoms with E-state index in [0.29, 0.717) is 12.6 Å². The number of anilines is 1. The van der Waals surface area contributed by atoms with Gasteiger partial charge in [0.15, 0.2) is 10.8 Å². The molecule has 19 heavy (non-hydrogen) atoms. The number of methoxy groups -OCH3 is 1. The Morgan fingerprint density at radius 1 is 1.53 bits per heavy atom. The van der Waals surface area contributed by atoms with Crippen LogP contribution in [0.2, 0.25) is 0 Å². The average molecular weight is 282 g/mol. The molecule has 0 spiro atoms. The maximum absolute atomic E-state index is 5.21. The molecule has 2 aromatic heterocycles. The molecule has 0 aliphatic rings. The summed E-state index contributed by atoms with van der Waals surface area (Å²) in [5.74, 6) is 1.06. The van der Waals surface area contributed by atoms with Crippen molar-refractivity contribution in [2.24, 2.45) is 0 Å². The van der Waals surface area contributed by atoms with Gasteiger partial charge in [0.1, 0.15) is 0 Å². The van der Waals surface area contributed by atoms with Crippen molar-refractivity contribution in [3.05, 3.63) is 17.3 Å². The number of ether oxygens (including phenoxy) is 1. The third-order valence-corrected chi connectivity index (χ3v) is 3.87. The molecule has 0 amide bonds. The first kappa shape index (κ1) is 14.3. The van der Waals surface area contributed by atoms with Gasteiger partial charge in [0.05, 0.1) is 12.3 Å². The van der Waals surface area contributed by atoms with Gasteiger partial charge in [0, 0.05) is 37.8 Å². The molecule has 0 atom stereocenters. The van der Waals surface area contributed by atoms with Crippen LogP contribution in [0.3, 0.4) is 0 Å². The lowest BCUT2D eigenvalue weighted by atomic mass is 10.3. The Bertz CT molecular complexity index is 520. The van der Waals surface area contributed by atoms with Crippen molar-refractivity contribution in [3.8, 4) is 0 Å². The quantitative estimate of drug-likeness (QED) is 0.843. The zero-order valence-electron chi connectivity index (χ0n) is 12.0. The molecule has 2 heterocycles. The number of hydrogen-bond acceptors (Lipinski definition) is 5. The van der Waals surface area contributed by atoms with Crippen LogP contribution in [0.1, 0.15) is 19.5 Å². The summed E-state index contributed by atoms with van der Waals surface area (Å²) < 4.78 is 7.38. The normalized spacial score (nSPS) is 11.6. The number of aromatic nitrogens is 2. The minimum absolute atomic E-state index is 0.398. The molecule has 2 aromatic rings. The molecule has 0 aliphatic carbocycles. The lowest BCUT2D eigenvalue weighted by Crippen LogP contribution is -2.35. The summed E-state index contributed by atoms with van der Waals surface area (Å²) in [7, 11) is 3.70. The lowest BCUT2D eigenvalue weighted by molar-refractivity contribution is 0.203. The Balaban J connectivity index is 2.39. The van der Waals surface area contributed by atoms with Crippen LogP contribution >= 0.6 is 11.3 Å². The SMILES string of the molecule is CNCc1c(N(CCOC)C(C)C)nc2sccn12. The first-order valence-corrected chi connectivity index (χ1v) is 7.41. The van der Waals surface area contributed by atoms with Gasteiger partial charge in [-0.25, -0.2) is 4.98 Å². The van der Waals surface area contributed by atoms with Gasteiger partial charge in [-0.3, -0.25) is 4.40 Å². The van der Waals surface area contributed by atoms with E-state index in [4.69, 9.17) is 9.72 Å². The second kappa shape index (κ2) is 6.36. The molecule has 6 heteroatoms. The Kier molecular flexibility index (Phi) is 4.79. The van der Waals surface area contributed by atoms with Crippen LogP contribution in [-0.2, 0) is 11.3 Å². The number of rotatable bonds is 7. The number of imidazole rings is 1. The van der Waals surface area contributed by atoms with E-state index in [1.54, 1.807) is 18.4 Å². The lowest BCUT2D eigenvalue weighted by Gasteiger charge is -2.27. The summed E-state index contributed by atoms with van der Waals surface area (Å²) in [6.45, 7) is 6.75.